The van der Waals surface area contributed by atoms with E-state index in [1.807, 2.05) is 0 Å². The van der Waals surface area contributed by atoms with Crippen LogP contribution in [0, 0.1) is 5.82 Å². The first-order chi connectivity index (χ1) is 11.5. The van der Waals surface area contributed by atoms with Crippen molar-refractivity contribution in [3.05, 3.63) is 57.2 Å². The van der Waals surface area contributed by atoms with E-state index in [2.05, 4.69) is 4.98 Å². The topological polar surface area (TPSA) is 71.0 Å². The molecule has 126 valence electrons. The maximum atomic E-state index is 12.8. The highest BCUT2D eigenvalue weighted by Gasteiger charge is 2.13. The van der Waals surface area contributed by atoms with Gasteiger partial charge in [0, 0.05) is 20.6 Å². The number of ether oxygens (including phenoxy) is 1. The van der Waals surface area contributed by atoms with Crippen molar-refractivity contribution in [2.75, 3.05) is 6.61 Å². The molecule has 3 rings (SSSR count). The maximum Gasteiger partial charge on any atom is 0.332 e. The summed E-state index contributed by atoms with van der Waals surface area (Å²) < 4.78 is 22.5. The highest BCUT2D eigenvalue weighted by molar-refractivity contribution is 5.69. The Hall–Kier alpha value is -2.90. The third kappa shape index (κ3) is 2.82. The molecule has 1 aromatic carbocycles. The lowest BCUT2D eigenvalue weighted by molar-refractivity contribution is 0.302. The van der Waals surface area contributed by atoms with Crippen LogP contribution in [0.15, 0.2) is 40.2 Å². The van der Waals surface area contributed by atoms with Crippen LogP contribution in [0.1, 0.15) is 6.42 Å². The van der Waals surface area contributed by atoms with E-state index in [9.17, 15) is 14.0 Å². The predicted octanol–water partition coefficient (Wildman–Crippen LogP) is 1.04. The zero-order valence-electron chi connectivity index (χ0n) is 13.4. The van der Waals surface area contributed by atoms with Gasteiger partial charge in [-0.15, -0.1) is 0 Å². The number of imidazole rings is 1. The Morgan fingerprint density at radius 2 is 1.83 bits per heavy atom. The van der Waals surface area contributed by atoms with Gasteiger partial charge in [0.25, 0.3) is 5.56 Å². The van der Waals surface area contributed by atoms with E-state index in [4.69, 9.17) is 4.74 Å². The Labute approximate surface area is 136 Å². The van der Waals surface area contributed by atoms with Crippen LogP contribution in [0.25, 0.3) is 11.2 Å². The molecule has 7 nitrogen and oxygen atoms in total. The molecule has 2 aromatic heterocycles. The first-order valence-electron chi connectivity index (χ1n) is 7.48. The van der Waals surface area contributed by atoms with Gasteiger partial charge in [-0.3, -0.25) is 13.9 Å². The first kappa shape index (κ1) is 16.0. The SMILES string of the molecule is Cn1c(=O)c2c(ncn2CCCOc2ccc(F)cc2)n(C)c1=O. The van der Waals surface area contributed by atoms with Gasteiger partial charge < -0.3 is 9.30 Å². The van der Waals surface area contributed by atoms with Crippen LogP contribution in [0.2, 0.25) is 0 Å². The number of fused-ring (bicyclic) bond motifs is 1. The Kier molecular flexibility index (Phi) is 4.20. The Balaban J connectivity index is 1.73. The molecule has 0 fully saturated rings. The average Bonchev–Trinajstić information content (AvgIpc) is 3.00. The van der Waals surface area contributed by atoms with Crippen molar-refractivity contribution in [1.29, 1.82) is 0 Å². The summed E-state index contributed by atoms with van der Waals surface area (Å²) in [5, 5.41) is 0. The fraction of sp³-hybridized carbons (Fsp3) is 0.312. The van der Waals surface area contributed by atoms with Crippen LogP contribution in [0.4, 0.5) is 4.39 Å². The minimum absolute atomic E-state index is 0.311. The smallest absolute Gasteiger partial charge is 0.332 e. The van der Waals surface area contributed by atoms with Gasteiger partial charge in [0.15, 0.2) is 11.2 Å². The number of hydrogen-bond acceptors (Lipinski definition) is 4. The van der Waals surface area contributed by atoms with Crippen molar-refractivity contribution in [2.24, 2.45) is 14.1 Å². The molecular weight excluding hydrogens is 315 g/mol. The lowest BCUT2D eigenvalue weighted by Gasteiger charge is -2.08. The molecule has 0 aliphatic carbocycles. The van der Waals surface area contributed by atoms with Gasteiger partial charge in [-0.25, -0.2) is 14.2 Å². The molecule has 2 heterocycles. The van der Waals surface area contributed by atoms with E-state index < -0.39 is 5.69 Å². The number of hydrogen-bond donors (Lipinski definition) is 0. The van der Waals surface area contributed by atoms with Gasteiger partial charge in [-0.2, -0.15) is 0 Å². The number of halogens is 1. The predicted molar refractivity (Wildman–Crippen MR) is 86.7 cm³/mol. The molecule has 8 heteroatoms. The summed E-state index contributed by atoms with van der Waals surface area (Å²) in [6, 6.07) is 5.80. The number of aryl methyl sites for hydroxylation is 2. The van der Waals surface area contributed by atoms with E-state index >= 15 is 0 Å². The summed E-state index contributed by atoms with van der Waals surface area (Å²) >= 11 is 0. The maximum absolute atomic E-state index is 12.8. The van der Waals surface area contributed by atoms with Crippen LogP contribution in [-0.2, 0) is 20.6 Å². The van der Waals surface area contributed by atoms with E-state index in [1.165, 1.54) is 23.7 Å². The van der Waals surface area contributed by atoms with Gasteiger partial charge in [-0.05, 0) is 30.7 Å². The lowest BCUT2D eigenvalue weighted by atomic mass is 10.3. The minimum Gasteiger partial charge on any atom is -0.494 e. The summed E-state index contributed by atoms with van der Waals surface area (Å²) in [7, 11) is 3.03. The highest BCUT2D eigenvalue weighted by Crippen LogP contribution is 2.12. The third-order valence-corrected chi connectivity index (χ3v) is 3.84. The summed E-state index contributed by atoms with van der Waals surface area (Å²) in [6.45, 7) is 0.933. The number of aromatic nitrogens is 4. The quantitative estimate of drug-likeness (QED) is 0.655. The summed E-state index contributed by atoms with van der Waals surface area (Å²) in [6.07, 6.45) is 2.18. The molecule has 24 heavy (non-hydrogen) atoms. The van der Waals surface area contributed by atoms with Crippen LogP contribution >= 0.6 is 0 Å². The van der Waals surface area contributed by atoms with E-state index in [0.717, 1.165) is 4.57 Å². The average molecular weight is 332 g/mol. The van der Waals surface area contributed by atoms with Gasteiger partial charge in [0.05, 0.1) is 12.9 Å². The monoisotopic (exact) mass is 332 g/mol. The van der Waals surface area contributed by atoms with Crippen molar-refractivity contribution in [3.8, 4) is 5.75 Å². The zero-order valence-corrected chi connectivity index (χ0v) is 13.4. The Morgan fingerprint density at radius 3 is 2.54 bits per heavy atom. The summed E-state index contributed by atoms with van der Waals surface area (Å²) in [5.41, 5.74) is -0.0219. The summed E-state index contributed by atoms with van der Waals surface area (Å²) in [4.78, 5) is 28.3. The van der Waals surface area contributed by atoms with Crippen LogP contribution in [-0.4, -0.2) is 25.3 Å². The second-order valence-electron chi connectivity index (χ2n) is 5.47. The lowest BCUT2D eigenvalue weighted by Crippen LogP contribution is -2.37. The van der Waals surface area contributed by atoms with Crippen molar-refractivity contribution in [2.45, 2.75) is 13.0 Å². The number of benzene rings is 1. The van der Waals surface area contributed by atoms with Crippen LogP contribution in [0.3, 0.4) is 0 Å². The molecule has 0 atom stereocenters. The van der Waals surface area contributed by atoms with Gasteiger partial charge >= 0.3 is 5.69 Å². The van der Waals surface area contributed by atoms with Crippen molar-refractivity contribution in [1.82, 2.24) is 18.7 Å². The molecule has 3 aromatic rings. The normalized spacial score (nSPS) is 11.1. The molecule has 0 saturated carbocycles. The van der Waals surface area contributed by atoms with Crippen molar-refractivity contribution >= 4 is 11.2 Å². The third-order valence-electron chi connectivity index (χ3n) is 3.84. The molecule has 0 radical (unpaired) electrons. The van der Waals surface area contributed by atoms with Crippen molar-refractivity contribution in [3.63, 3.8) is 0 Å². The molecule has 0 aliphatic rings. The van der Waals surface area contributed by atoms with Crippen LogP contribution < -0.4 is 16.0 Å². The van der Waals surface area contributed by atoms with Gasteiger partial charge in [-0.1, -0.05) is 0 Å². The highest BCUT2D eigenvalue weighted by atomic mass is 19.1. The molecular formula is C16H17FN4O3. The van der Waals surface area contributed by atoms with Crippen molar-refractivity contribution < 1.29 is 9.13 Å². The molecule has 0 amide bonds. The first-order valence-corrected chi connectivity index (χ1v) is 7.48. The number of nitrogens with zero attached hydrogens (tertiary/aromatic N) is 4. The van der Waals surface area contributed by atoms with Gasteiger partial charge in [0.1, 0.15) is 11.6 Å². The second kappa shape index (κ2) is 6.31. The van der Waals surface area contributed by atoms with Crippen LogP contribution in [0.5, 0.6) is 5.75 Å². The molecule has 0 unspecified atom stereocenters. The van der Waals surface area contributed by atoms with E-state index in [-0.39, 0.29) is 11.4 Å². The Morgan fingerprint density at radius 1 is 1.12 bits per heavy atom. The molecule has 0 aliphatic heterocycles. The number of rotatable bonds is 5. The fourth-order valence-corrected chi connectivity index (χ4v) is 2.52. The zero-order chi connectivity index (χ0) is 17.3. The van der Waals surface area contributed by atoms with E-state index in [0.29, 0.717) is 36.5 Å². The molecule has 0 N–H and O–H groups in total. The largest absolute Gasteiger partial charge is 0.494 e. The summed E-state index contributed by atoms with van der Waals surface area (Å²) in [5.74, 6) is 0.277. The second-order valence-corrected chi connectivity index (χ2v) is 5.47. The Bertz CT molecular complexity index is 985. The standard InChI is InChI=1S/C16H17FN4O3/c1-19-14-13(15(22)20(2)16(19)23)21(10-18-14)8-3-9-24-12-6-4-11(17)5-7-12/h4-7,10H,3,8-9H2,1-2H3. The molecule has 0 bridgehead atoms. The molecule has 0 saturated heterocycles. The fourth-order valence-electron chi connectivity index (χ4n) is 2.52. The van der Waals surface area contributed by atoms with E-state index in [1.54, 1.807) is 30.1 Å². The van der Waals surface area contributed by atoms with Gasteiger partial charge in [0.2, 0.25) is 0 Å². The molecule has 0 spiro atoms. The minimum atomic E-state index is -0.405.